The third kappa shape index (κ3) is 2.74. The number of thiazole rings is 1. The molecule has 0 radical (unpaired) electrons. The Balaban J connectivity index is 1.57. The number of rotatable bonds is 4. The second kappa shape index (κ2) is 6.02. The summed E-state index contributed by atoms with van der Waals surface area (Å²) in [5.41, 5.74) is 0.817. The van der Waals surface area contributed by atoms with Crippen LogP contribution < -0.4 is 15.7 Å². The zero-order chi connectivity index (χ0) is 17.4. The topological polar surface area (TPSA) is 90.5 Å². The van der Waals surface area contributed by atoms with Gasteiger partial charge in [-0.05, 0) is 24.3 Å². The summed E-state index contributed by atoms with van der Waals surface area (Å²) in [5, 5.41) is 7.29. The highest BCUT2D eigenvalue weighted by Crippen LogP contribution is 2.31. The summed E-state index contributed by atoms with van der Waals surface area (Å²) in [4.78, 5) is 28.8. The molecular formula is C16H13N5O3S. The molecule has 0 unspecified atom stereocenters. The van der Waals surface area contributed by atoms with Crippen LogP contribution in [-0.4, -0.2) is 32.2 Å². The van der Waals surface area contributed by atoms with Crippen molar-refractivity contribution in [3.05, 3.63) is 53.1 Å². The fourth-order valence-electron chi connectivity index (χ4n) is 2.51. The molecule has 0 aliphatic rings. The van der Waals surface area contributed by atoms with E-state index in [1.165, 1.54) is 15.7 Å². The number of nitrogens with zero attached hydrogens (tertiary/aromatic N) is 4. The smallest absolute Gasteiger partial charge is 0.350 e. The first-order valence-corrected chi connectivity index (χ1v) is 8.25. The van der Waals surface area contributed by atoms with Gasteiger partial charge in [-0.1, -0.05) is 23.5 Å². The lowest BCUT2D eigenvalue weighted by Crippen LogP contribution is -2.28. The van der Waals surface area contributed by atoms with Crippen LogP contribution in [0.3, 0.4) is 0 Å². The number of amides is 1. The van der Waals surface area contributed by atoms with Crippen molar-refractivity contribution in [3.8, 4) is 5.75 Å². The first-order valence-electron chi connectivity index (χ1n) is 7.43. The van der Waals surface area contributed by atoms with E-state index in [2.05, 4.69) is 15.4 Å². The Morgan fingerprint density at radius 2 is 2.16 bits per heavy atom. The van der Waals surface area contributed by atoms with Gasteiger partial charge < -0.3 is 10.1 Å². The van der Waals surface area contributed by atoms with E-state index < -0.39 is 0 Å². The molecule has 126 valence electrons. The first-order chi connectivity index (χ1) is 12.2. The second-order valence-corrected chi connectivity index (χ2v) is 6.27. The number of benzene rings is 1. The summed E-state index contributed by atoms with van der Waals surface area (Å²) in [5.74, 6) is 0.273. The number of nitrogens with one attached hydrogen (secondary N) is 1. The maximum Gasteiger partial charge on any atom is 0.350 e. The zero-order valence-corrected chi connectivity index (χ0v) is 14.0. The number of ether oxygens (including phenoxy) is 1. The Hall–Kier alpha value is -3.20. The molecule has 9 heteroatoms. The fourth-order valence-corrected chi connectivity index (χ4v) is 3.41. The Kier molecular flexibility index (Phi) is 3.69. The third-order valence-corrected chi connectivity index (χ3v) is 4.57. The maximum absolute atomic E-state index is 12.3. The molecule has 0 aliphatic carbocycles. The van der Waals surface area contributed by atoms with E-state index in [1.807, 2.05) is 18.2 Å². The number of anilines is 1. The van der Waals surface area contributed by atoms with Crippen molar-refractivity contribution in [1.29, 1.82) is 0 Å². The monoisotopic (exact) mass is 355 g/mol. The molecule has 0 spiro atoms. The van der Waals surface area contributed by atoms with E-state index >= 15 is 0 Å². The van der Waals surface area contributed by atoms with Gasteiger partial charge in [-0.25, -0.2) is 14.5 Å². The van der Waals surface area contributed by atoms with Crippen LogP contribution in [-0.2, 0) is 11.3 Å². The molecule has 1 amide bonds. The first kappa shape index (κ1) is 15.3. The van der Waals surface area contributed by atoms with Crippen molar-refractivity contribution in [2.45, 2.75) is 6.54 Å². The van der Waals surface area contributed by atoms with Crippen LogP contribution in [0.4, 0.5) is 5.13 Å². The molecule has 0 bridgehead atoms. The molecule has 4 aromatic rings. The predicted molar refractivity (Wildman–Crippen MR) is 94.3 cm³/mol. The van der Waals surface area contributed by atoms with Crippen molar-refractivity contribution in [2.75, 3.05) is 12.4 Å². The standard InChI is InChI=1S/C16H13N5O3S/c1-24-10-5-4-6-11-14(10)18-15(25-11)17-13(22)9-21-16(23)20-8-3-2-7-12(20)19-21/h2-8H,9H2,1H3,(H,17,18,22). The van der Waals surface area contributed by atoms with Crippen LogP contribution in [0.15, 0.2) is 47.4 Å². The number of para-hydroxylation sites is 1. The predicted octanol–water partition coefficient (Wildman–Crippen LogP) is 1.75. The van der Waals surface area contributed by atoms with Crippen LogP contribution >= 0.6 is 11.3 Å². The Labute approximate surface area is 145 Å². The quantitative estimate of drug-likeness (QED) is 0.602. The largest absolute Gasteiger partial charge is 0.494 e. The molecule has 4 rings (SSSR count). The molecule has 0 fully saturated rings. The lowest BCUT2D eigenvalue weighted by Gasteiger charge is -2.00. The number of hydrogen-bond donors (Lipinski definition) is 1. The van der Waals surface area contributed by atoms with Crippen LogP contribution in [0, 0.1) is 0 Å². The summed E-state index contributed by atoms with van der Waals surface area (Å²) in [6, 6.07) is 10.8. The van der Waals surface area contributed by atoms with E-state index in [1.54, 1.807) is 31.5 Å². The highest BCUT2D eigenvalue weighted by atomic mass is 32.1. The van der Waals surface area contributed by atoms with Crippen molar-refractivity contribution >= 4 is 38.2 Å². The lowest BCUT2D eigenvalue weighted by atomic mass is 10.3. The highest BCUT2D eigenvalue weighted by Gasteiger charge is 2.14. The highest BCUT2D eigenvalue weighted by molar-refractivity contribution is 7.22. The van der Waals surface area contributed by atoms with Crippen molar-refractivity contribution in [1.82, 2.24) is 19.2 Å². The molecule has 0 atom stereocenters. The molecule has 8 nitrogen and oxygen atoms in total. The molecule has 1 N–H and O–H groups in total. The number of carbonyl (C=O) groups is 1. The SMILES string of the molecule is COc1cccc2sc(NC(=O)Cn3nc4ccccn4c3=O)nc12. The summed E-state index contributed by atoms with van der Waals surface area (Å²) in [6.45, 7) is -0.187. The minimum Gasteiger partial charge on any atom is -0.494 e. The van der Waals surface area contributed by atoms with Crippen LogP contribution in [0.5, 0.6) is 5.75 Å². The van der Waals surface area contributed by atoms with E-state index in [0.717, 1.165) is 9.38 Å². The maximum atomic E-state index is 12.3. The van der Waals surface area contributed by atoms with Crippen molar-refractivity contribution in [2.24, 2.45) is 0 Å². The van der Waals surface area contributed by atoms with Crippen LogP contribution in [0.2, 0.25) is 0 Å². The number of hydrogen-bond acceptors (Lipinski definition) is 6. The van der Waals surface area contributed by atoms with Gasteiger partial charge in [-0.15, -0.1) is 5.10 Å². The van der Waals surface area contributed by atoms with E-state index in [4.69, 9.17) is 4.74 Å². The van der Waals surface area contributed by atoms with E-state index in [9.17, 15) is 9.59 Å². The number of methoxy groups -OCH3 is 1. The van der Waals surface area contributed by atoms with Gasteiger partial charge >= 0.3 is 5.69 Å². The normalized spacial score (nSPS) is 11.1. The van der Waals surface area contributed by atoms with Gasteiger partial charge in [-0.2, -0.15) is 0 Å². The van der Waals surface area contributed by atoms with E-state index in [0.29, 0.717) is 22.0 Å². The summed E-state index contributed by atoms with van der Waals surface area (Å²) in [6.07, 6.45) is 1.61. The molecule has 3 heterocycles. The zero-order valence-electron chi connectivity index (χ0n) is 13.2. The molecule has 3 aromatic heterocycles. The average Bonchev–Trinajstić information content (AvgIpc) is 3.16. The van der Waals surface area contributed by atoms with E-state index in [-0.39, 0.29) is 18.1 Å². The number of fused-ring (bicyclic) bond motifs is 2. The van der Waals surface area contributed by atoms with Gasteiger partial charge in [0.25, 0.3) is 0 Å². The molecule has 0 aliphatic heterocycles. The second-order valence-electron chi connectivity index (χ2n) is 5.24. The van der Waals surface area contributed by atoms with Crippen molar-refractivity contribution < 1.29 is 9.53 Å². The number of carbonyl (C=O) groups excluding carboxylic acids is 1. The Bertz CT molecular complexity index is 1140. The number of pyridine rings is 1. The minimum atomic E-state index is -0.372. The number of aromatic nitrogens is 4. The third-order valence-electron chi connectivity index (χ3n) is 3.63. The summed E-state index contributed by atoms with van der Waals surface area (Å²) < 4.78 is 8.67. The fraction of sp³-hybridized carbons (Fsp3) is 0.125. The van der Waals surface area contributed by atoms with Crippen LogP contribution in [0.25, 0.3) is 15.9 Å². The van der Waals surface area contributed by atoms with Gasteiger partial charge in [-0.3, -0.25) is 9.20 Å². The Morgan fingerprint density at radius 3 is 2.96 bits per heavy atom. The van der Waals surface area contributed by atoms with Gasteiger partial charge in [0.1, 0.15) is 17.8 Å². The van der Waals surface area contributed by atoms with Gasteiger partial charge in [0, 0.05) is 6.20 Å². The molecule has 0 saturated heterocycles. The van der Waals surface area contributed by atoms with Crippen molar-refractivity contribution in [3.63, 3.8) is 0 Å². The minimum absolute atomic E-state index is 0.187. The van der Waals surface area contributed by atoms with Gasteiger partial charge in [0.15, 0.2) is 10.8 Å². The summed E-state index contributed by atoms with van der Waals surface area (Å²) >= 11 is 1.34. The lowest BCUT2D eigenvalue weighted by molar-refractivity contribution is -0.117. The molecular weight excluding hydrogens is 342 g/mol. The van der Waals surface area contributed by atoms with Crippen LogP contribution in [0.1, 0.15) is 0 Å². The van der Waals surface area contributed by atoms with Gasteiger partial charge in [0.2, 0.25) is 5.91 Å². The van der Waals surface area contributed by atoms with Gasteiger partial charge in [0.05, 0.1) is 11.8 Å². The molecule has 25 heavy (non-hydrogen) atoms. The Morgan fingerprint density at radius 1 is 1.28 bits per heavy atom. The average molecular weight is 355 g/mol. The molecule has 1 aromatic carbocycles. The summed E-state index contributed by atoms with van der Waals surface area (Å²) in [7, 11) is 1.57. The molecule has 0 saturated carbocycles.